The normalized spacial score (nSPS) is 24.0. The first-order chi connectivity index (χ1) is 14.9. The molecule has 2 fully saturated rings. The van der Waals surface area contributed by atoms with E-state index in [0.717, 1.165) is 48.2 Å². The molecule has 0 N–H and O–H groups in total. The van der Waals surface area contributed by atoms with Crippen LogP contribution in [0.15, 0.2) is 48.5 Å². The predicted octanol–water partition coefficient (Wildman–Crippen LogP) is 4.92. The molecule has 4 rings (SSSR count). The van der Waals surface area contributed by atoms with Crippen LogP contribution in [0, 0.1) is 0 Å². The Bertz CT molecular complexity index is 841. The molecule has 0 radical (unpaired) electrons. The van der Waals surface area contributed by atoms with Gasteiger partial charge in [-0.3, -0.25) is 0 Å². The summed E-state index contributed by atoms with van der Waals surface area (Å²) in [6.45, 7) is 3.20. The maximum atomic E-state index is 12.8. The van der Waals surface area contributed by atoms with Crippen molar-refractivity contribution in [3.63, 3.8) is 0 Å². The Labute approximate surface area is 180 Å². The van der Waals surface area contributed by atoms with Crippen LogP contribution in [0.25, 0.3) is 0 Å². The molecule has 0 aliphatic carbocycles. The minimum atomic E-state index is -4.34. The molecule has 2 aromatic rings. The van der Waals surface area contributed by atoms with Gasteiger partial charge in [-0.05, 0) is 54.6 Å². The van der Waals surface area contributed by atoms with E-state index in [1.807, 2.05) is 24.3 Å². The molecule has 2 aromatic carbocycles. The summed E-state index contributed by atoms with van der Waals surface area (Å²) in [7, 11) is -0.461. The first kappa shape index (κ1) is 22.2. The molecule has 2 heterocycles. The first-order valence-electron chi connectivity index (χ1n) is 10.8. The molecule has 3 atom stereocenters. The van der Waals surface area contributed by atoms with Crippen molar-refractivity contribution in [3.05, 3.63) is 59.7 Å². The van der Waals surface area contributed by atoms with Gasteiger partial charge >= 0.3 is 13.3 Å². The van der Waals surface area contributed by atoms with Gasteiger partial charge < -0.3 is 18.8 Å². The molecule has 2 aliphatic heterocycles. The molecular formula is C23H26BF3O4. The van der Waals surface area contributed by atoms with Gasteiger partial charge in [-0.25, -0.2) is 0 Å². The molecular weight excluding hydrogens is 408 g/mol. The van der Waals surface area contributed by atoms with E-state index in [2.05, 4.69) is 6.92 Å². The Morgan fingerprint density at radius 2 is 1.74 bits per heavy atom. The van der Waals surface area contributed by atoms with Crippen LogP contribution >= 0.6 is 0 Å². The van der Waals surface area contributed by atoms with E-state index in [1.165, 1.54) is 12.1 Å². The Balaban J connectivity index is 1.32. The van der Waals surface area contributed by atoms with Crippen molar-refractivity contribution >= 4 is 12.6 Å². The lowest BCUT2D eigenvalue weighted by atomic mass is 9.76. The zero-order chi connectivity index (χ0) is 21.8. The number of fused-ring (bicyclic) bond motifs is 1. The second kappa shape index (κ2) is 9.63. The fraction of sp³-hybridized carbons (Fsp3) is 0.478. The van der Waals surface area contributed by atoms with Gasteiger partial charge in [-0.1, -0.05) is 37.6 Å². The average Bonchev–Trinajstić information content (AvgIpc) is 2.78. The van der Waals surface area contributed by atoms with Crippen LogP contribution in [0.1, 0.15) is 49.8 Å². The lowest BCUT2D eigenvalue weighted by Crippen LogP contribution is -2.54. The number of benzene rings is 2. The predicted molar refractivity (Wildman–Crippen MR) is 111 cm³/mol. The molecule has 0 bridgehead atoms. The Hall–Kier alpha value is -2.03. The highest BCUT2D eigenvalue weighted by Gasteiger charge is 2.41. The molecule has 4 nitrogen and oxygen atoms in total. The SMILES string of the molecule is CCCCOc1ccc(B2OC[C@H]3O[C@@H](c4ccc(C(F)(F)F)cc4)CC[C@@H]3O2)cc1. The van der Waals surface area contributed by atoms with Crippen LogP contribution in [-0.2, 0) is 20.2 Å². The first-order valence-corrected chi connectivity index (χ1v) is 10.8. The molecule has 8 heteroatoms. The summed E-state index contributed by atoms with van der Waals surface area (Å²) >= 11 is 0. The molecule has 166 valence electrons. The summed E-state index contributed by atoms with van der Waals surface area (Å²) in [5, 5.41) is 0. The minimum Gasteiger partial charge on any atom is -0.494 e. The highest BCUT2D eigenvalue weighted by atomic mass is 19.4. The monoisotopic (exact) mass is 434 g/mol. The minimum absolute atomic E-state index is 0.107. The largest absolute Gasteiger partial charge is 0.494 e. The number of alkyl halides is 3. The Kier molecular flexibility index (Phi) is 6.89. The number of hydrogen-bond donors (Lipinski definition) is 0. The fourth-order valence-corrected chi connectivity index (χ4v) is 3.91. The molecule has 0 spiro atoms. The van der Waals surface area contributed by atoms with Crippen LogP contribution < -0.4 is 10.2 Å². The Morgan fingerprint density at radius 1 is 1.00 bits per heavy atom. The molecule has 0 saturated carbocycles. The van der Waals surface area contributed by atoms with Gasteiger partial charge in [-0.15, -0.1) is 0 Å². The van der Waals surface area contributed by atoms with Crippen LogP contribution in [0.3, 0.4) is 0 Å². The zero-order valence-corrected chi connectivity index (χ0v) is 17.4. The van der Waals surface area contributed by atoms with E-state index in [9.17, 15) is 13.2 Å². The van der Waals surface area contributed by atoms with Gasteiger partial charge in [0, 0.05) is 0 Å². The van der Waals surface area contributed by atoms with Crippen molar-refractivity contribution in [1.29, 1.82) is 0 Å². The quantitative estimate of drug-likeness (QED) is 0.478. The smallest absolute Gasteiger partial charge is 0.494 e. The van der Waals surface area contributed by atoms with E-state index >= 15 is 0 Å². The molecule has 0 unspecified atom stereocenters. The molecule has 2 aliphatic rings. The van der Waals surface area contributed by atoms with Crippen molar-refractivity contribution in [1.82, 2.24) is 0 Å². The maximum absolute atomic E-state index is 12.8. The molecule has 31 heavy (non-hydrogen) atoms. The van der Waals surface area contributed by atoms with E-state index in [4.69, 9.17) is 18.8 Å². The lowest BCUT2D eigenvalue weighted by Gasteiger charge is -2.41. The third kappa shape index (κ3) is 5.43. The summed E-state index contributed by atoms with van der Waals surface area (Å²) in [6, 6.07) is 12.9. The van der Waals surface area contributed by atoms with Gasteiger partial charge in [0.05, 0.1) is 31.0 Å². The van der Waals surface area contributed by atoms with Crippen LogP contribution in [0.4, 0.5) is 13.2 Å². The second-order valence-electron chi connectivity index (χ2n) is 7.97. The zero-order valence-electron chi connectivity index (χ0n) is 17.4. The summed E-state index contributed by atoms with van der Waals surface area (Å²) in [5.74, 6) is 0.825. The number of halogens is 3. The van der Waals surface area contributed by atoms with Crippen LogP contribution in [0.5, 0.6) is 5.75 Å². The highest BCUT2D eigenvalue weighted by Crippen LogP contribution is 2.36. The van der Waals surface area contributed by atoms with Crippen molar-refractivity contribution in [2.24, 2.45) is 0 Å². The van der Waals surface area contributed by atoms with Gasteiger partial charge in [0.1, 0.15) is 11.9 Å². The summed E-state index contributed by atoms with van der Waals surface area (Å²) in [6.07, 6.45) is -1.39. The molecule has 0 amide bonds. The van der Waals surface area contributed by atoms with Crippen molar-refractivity contribution in [2.45, 2.75) is 57.1 Å². The van der Waals surface area contributed by atoms with E-state index in [-0.39, 0.29) is 18.3 Å². The lowest BCUT2D eigenvalue weighted by molar-refractivity contribution is -0.150. The van der Waals surface area contributed by atoms with Crippen molar-refractivity contribution in [3.8, 4) is 5.75 Å². The van der Waals surface area contributed by atoms with Crippen LogP contribution in [-0.4, -0.2) is 32.5 Å². The van der Waals surface area contributed by atoms with Gasteiger partial charge in [0.2, 0.25) is 0 Å². The molecule has 0 aromatic heterocycles. The third-order valence-electron chi connectivity index (χ3n) is 5.71. The number of unbranched alkanes of at least 4 members (excludes halogenated alkanes) is 1. The van der Waals surface area contributed by atoms with Crippen molar-refractivity contribution < 1.29 is 32.0 Å². The third-order valence-corrected chi connectivity index (χ3v) is 5.71. The van der Waals surface area contributed by atoms with Gasteiger partial charge in [-0.2, -0.15) is 13.2 Å². The van der Waals surface area contributed by atoms with E-state index in [1.54, 1.807) is 0 Å². The topological polar surface area (TPSA) is 36.9 Å². The van der Waals surface area contributed by atoms with Crippen molar-refractivity contribution in [2.75, 3.05) is 13.2 Å². The standard InChI is InChI=1S/C23H26BF3O4/c1-2-3-14-28-19-10-8-18(9-11-19)24-29-15-22-21(31-24)13-12-20(30-22)16-4-6-17(7-5-16)23(25,26)27/h4-11,20-22H,2-3,12-15H2,1H3/t20-,21+,22-/m1/s1. The van der Waals surface area contributed by atoms with Crippen LogP contribution in [0.2, 0.25) is 0 Å². The van der Waals surface area contributed by atoms with Gasteiger partial charge in [0.25, 0.3) is 0 Å². The Morgan fingerprint density at radius 3 is 2.42 bits per heavy atom. The fourth-order valence-electron chi connectivity index (χ4n) is 3.91. The summed E-state index contributed by atoms with van der Waals surface area (Å²) in [4.78, 5) is 0. The van der Waals surface area contributed by atoms with E-state index < -0.39 is 18.9 Å². The summed E-state index contributed by atoms with van der Waals surface area (Å²) < 4.78 is 62.1. The average molecular weight is 434 g/mol. The number of rotatable bonds is 6. The maximum Gasteiger partial charge on any atom is 0.494 e. The summed E-state index contributed by atoms with van der Waals surface area (Å²) in [5.41, 5.74) is 1.01. The second-order valence-corrected chi connectivity index (χ2v) is 7.97. The number of ether oxygens (including phenoxy) is 2. The number of hydrogen-bond acceptors (Lipinski definition) is 4. The highest BCUT2D eigenvalue weighted by molar-refractivity contribution is 6.61. The van der Waals surface area contributed by atoms with Gasteiger partial charge in [0.15, 0.2) is 0 Å². The van der Waals surface area contributed by atoms with E-state index in [0.29, 0.717) is 19.6 Å². The molecule has 2 saturated heterocycles.